The number of nitriles is 1. The monoisotopic (exact) mass is 243 g/mol. The van der Waals surface area contributed by atoms with Gasteiger partial charge in [-0.15, -0.1) is 0 Å². The van der Waals surface area contributed by atoms with Crippen molar-refractivity contribution in [3.63, 3.8) is 0 Å². The number of urea groups is 1. The molecule has 1 aromatic rings. The van der Waals surface area contributed by atoms with Gasteiger partial charge in [-0.3, -0.25) is 4.79 Å². The molecule has 1 saturated heterocycles. The van der Waals surface area contributed by atoms with E-state index in [9.17, 15) is 9.59 Å². The van der Waals surface area contributed by atoms with Crippen LogP contribution in [0.15, 0.2) is 24.3 Å². The Bertz CT molecular complexity index is 516. The van der Waals surface area contributed by atoms with E-state index in [1.165, 1.54) is 0 Å². The second kappa shape index (κ2) is 4.88. The summed E-state index contributed by atoms with van der Waals surface area (Å²) in [5.41, 5.74) is 0.986. The first-order chi connectivity index (χ1) is 8.63. The number of hydrogen-bond donors (Lipinski definition) is 1. The summed E-state index contributed by atoms with van der Waals surface area (Å²) in [6, 6.07) is 7.98. The van der Waals surface area contributed by atoms with E-state index in [4.69, 9.17) is 5.26 Å². The molecule has 0 aromatic heterocycles. The van der Waals surface area contributed by atoms with Gasteiger partial charge in [0.2, 0.25) is 5.91 Å². The largest absolute Gasteiger partial charge is 0.337 e. The van der Waals surface area contributed by atoms with Crippen LogP contribution < -0.4 is 10.2 Å². The molecule has 0 spiro atoms. The molecule has 1 N–H and O–H groups in total. The van der Waals surface area contributed by atoms with Crippen molar-refractivity contribution < 1.29 is 9.59 Å². The van der Waals surface area contributed by atoms with Crippen LogP contribution in [-0.2, 0) is 4.79 Å². The molecule has 1 heterocycles. The van der Waals surface area contributed by atoms with Crippen LogP contribution in [-0.4, -0.2) is 18.5 Å². The SMILES string of the molecule is CC1CCNC(=O)N(c2ccc(C#N)cc2)C1=O. The zero-order valence-electron chi connectivity index (χ0n) is 10.0. The van der Waals surface area contributed by atoms with Crippen molar-refractivity contribution in [1.29, 1.82) is 5.26 Å². The molecule has 0 aliphatic carbocycles. The van der Waals surface area contributed by atoms with E-state index in [2.05, 4.69) is 5.32 Å². The molecule has 18 heavy (non-hydrogen) atoms. The van der Waals surface area contributed by atoms with Gasteiger partial charge in [-0.1, -0.05) is 6.92 Å². The molecule has 3 amide bonds. The molecule has 1 fully saturated rings. The van der Waals surface area contributed by atoms with Crippen LogP contribution >= 0.6 is 0 Å². The topological polar surface area (TPSA) is 73.2 Å². The molecule has 5 nitrogen and oxygen atoms in total. The van der Waals surface area contributed by atoms with Gasteiger partial charge in [0.05, 0.1) is 17.3 Å². The number of nitrogens with zero attached hydrogens (tertiary/aromatic N) is 2. The van der Waals surface area contributed by atoms with Gasteiger partial charge >= 0.3 is 6.03 Å². The number of benzene rings is 1. The van der Waals surface area contributed by atoms with E-state index in [0.29, 0.717) is 24.2 Å². The predicted molar refractivity (Wildman–Crippen MR) is 65.8 cm³/mol. The van der Waals surface area contributed by atoms with E-state index < -0.39 is 6.03 Å². The van der Waals surface area contributed by atoms with Gasteiger partial charge in [-0.2, -0.15) is 5.26 Å². The van der Waals surface area contributed by atoms with E-state index >= 15 is 0 Å². The Balaban J connectivity index is 2.36. The molecule has 92 valence electrons. The van der Waals surface area contributed by atoms with Crippen molar-refractivity contribution in [3.05, 3.63) is 29.8 Å². The normalized spacial score (nSPS) is 20.0. The first-order valence-corrected chi connectivity index (χ1v) is 5.75. The second-order valence-electron chi connectivity index (χ2n) is 4.25. The van der Waals surface area contributed by atoms with Gasteiger partial charge in [0.15, 0.2) is 0 Å². The molecule has 1 aliphatic rings. The fourth-order valence-corrected chi connectivity index (χ4v) is 1.85. The maximum atomic E-state index is 12.1. The number of anilines is 1. The fraction of sp³-hybridized carbons (Fsp3) is 0.308. The lowest BCUT2D eigenvalue weighted by Crippen LogP contribution is -2.42. The number of amides is 3. The summed E-state index contributed by atoms with van der Waals surface area (Å²) in [5, 5.41) is 11.4. The van der Waals surface area contributed by atoms with Crippen molar-refractivity contribution in [1.82, 2.24) is 5.32 Å². The molecule has 1 aromatic carbocycles. The predicted octanol–water partition coefficient (Wildman–Crippen LogP) is 1.64. The Kier molecular flexibility index (Phi) is 3.28. The first kappa shape index (κ1) is 12.1. The van der Waals surface area contributed by atoms with Crippen molar-refractivity contribution in [2.45, 2.75) is 13.3 Å². The van der Waals surface area contributed by atoms with Gasteiger partial charge in [0.25, 0.3) is 0 Å². The first-order valence-electron chi connectivity index (χ1n) is 5.75. The molecule has 5 heteroatoms. The Hall–Kier alpha value is -2.35. The third-order valence-electron chi connectivity index (χ3n) is 2.95. The highest BCUT2D eigenvalue weighted by molar-refractivity contribution is 6.15. The summed E-state index contributed by atoms with van der Waals surface area (Å²) in [7, 11) is 0. The highest BCUT2D eigenvalue weighted by Gasteiger charge is 2.30. The number of carbonyl (C=O) groups is 2. The Morgan fingerprint density at radius 2 is 2.00 bits per heavy atom. The smallest absolute Gasteiger partial charge is 0.328 e. The average Bonchev–Trinajstić information content (AvgIpc) is 2.50. The fourth-order valence-electron chi connectivity index (χ4n) is 1.85. The Labute approximate surface area is 105 Å². The van der Waals surface area contributed by atoms with Gasteiger partial charge in [0, 0.05) is 12.5 Å². The molecule has 1 unspecified atom stereocenters. The van der Waals surface area contributed by atoms with Crippen molar-refractivity contribution in [3.8, 4) is 6.07 Å². The molecule has 1 atom stereocenters. The third kappa shape index (κ3) is 2.18. The lowest BCUT2D eigenvalue weighted by molar-refractivity contribution is -0.121. The van der Waals surface area contributed by atoms with E-state index in [-0.39, 0.29) is 11.8 Å². The number of hydrogen-bond acceptors (Lipinski definition) is 3. The van der Waals surface area contributed by atoms with E-state index in [0.717, 1.165) is 4.90 Å². The molecule has 1 aliphatic heterocycles. The van der Waals surface area contributed by atoms with Gasteiger partial charge in [0.1, 0.15) is 0 Å². The minimum Gasteiger partial charge on any atom is -0.337 e. The maximum absolute atomic E-state index is 12.1. The number of rotatable bonds is 1. The Morgan fingerprint density at radius 3 is 2.61 bits per heavy atom. The number of imide groups is 1. The van der Waals surface area contributed by atoms with E-state index in [1.54, 1.807) is 31.2 Å². The quantitative estimate of drug-likeness (QED) is 0.814. The van der Waals surface area contributed by atoms with Crippen LogP contribution in [0.3, 0.4) is 0 Å². The summed E-state index contributed by atoms with van der Waals surface area (Å²) in [6.07, 6.45) is 0.636. The zero-order chi connectivity index (χ0) is 13.1. The summed E-state index contributed by atoms with van der Waals surface area (Å²) < 4.78 is 0. The Morgan fingerprint density at radius 1 is 1.33 bits per heavy atom. The van der Waals surface area contributed by atoms with Crippen LogP contribution in [0.1, 0.15) is 18.9 Å². The van der Waals surface area contributed by atoms with Gasteiger partial charge < -0.3 is 5.32 Å². The van der Waals surface area contributed by atoms with Crippen LogP contribution in [0, 0.1) is 17.2 Å². The maximum Gasteiger partial charge on any atom is 0.328 e. The van der Waals surface area contributed by atoms with E-state index in [1.807, 2.05) is 6.07 Å². The highest BCUT2D eigenvalue weighted by Crippen LogP contribution is 2.20. The van der Waals surface area contributed by atoms with Crippen LogP contribution in [0.2, 0.25) is 0 Å². The lowest BCUT2D eigenvalue weighted by atomic mass is 10.1. The van der Waals surface area contributed by atoms with Gasteiger partial charge in [-0.25, -0.2) is 9.69 Å². The molecular weight excluding hydrogens is 230 g/mol. The highest BCUT2D eigenvalue weighted by atomic mass is 16.2. The lowest BCUT2D eigenvalue weighted by Gasteiger charge is -2.20. The van der Waals surface area contributed by atoms with Crippen LogP contribution in [0.5, 0.6) is 0 Å². The molecule has 0 saturated carbocycles. The minimum atomic E-state index is -0.408. The standard InChI is InChI=1S/C13H13N3O2/c1-9-6-7-15-13(18)16(12(9)17)11-4-2-10(8-14)3-5-11/h2-5,9H,6-7H2,1H3,(H,15,18). The number of carbonyl (C=O) groups excluding carboxylic acids is 2. The third-order valence-corrected chi connectivity index (χ3v) is 2.95. The summed E-state index contributed by atoms with van der Waals surface area (Å²) in [6.45, 7) is 2.30. The van der Waals surface area contributed by atoms with Crippen LogP contribution in [0.25, 0.3) is 0 Å². The van der Waals surface area contributed by atoms with Crippen LogP contribution in [0.4, 0.5) is 10.5 Å². The molecule has 0 bridgehead atoms. The van der Waals surface area contributed by atoms with Crippen molar-refractivity contribution in [2.75, 3.05) is 11.4 Å². The van der Waals surface area contributed by atoms with Gasteiger partial charge in [-0.05, 0) is 30.7 Å². The van der Waals surface area contributed by atoms with Crippen molar-refractivity contribution in [2.24, 2.45) is 5.92 Å². The average molecular weight is 243 g/mol. The summed E-state index contributed by atoms with van der Waals surface area (Å²) in [4.78, 5) is 25.1. The summed E-state index contributed by atoms with van der Waals surface area (Å²) in [5.74, 6) is -0.408. The summed E-state index contributed by atoms with van der Waals surface area (Å²) >= 11 is 0. The molecular formula is C13H13N3O2. The second-order valence-corrected chi connectivity index (χ2v) is 4.25. The number of nitrogens with one attached hydrogen (secondary N) is 1. The van der Waals surface area contributed by atoms with Crippen molar-refractivity contribution >= 4 is 17.6 Å². The zero-order valence-corrected chi connectivity index (χ0v) is 10.0. The molecule has 0 radical (unpaired) electrons. The minimum absolute atomic E-state index is 0.195. The molecule has 2 rings (SSSR count).